The van der Waals surface area contributed by atoms with Crippen LogP contribution in [0, 0.1) is 24.0 Å². The van der Waals surface area contributed by atoms with Gasteiger partial charge in [-0.3, -0.25) is 19.7 Å². The predicted molar refractivity (Wildman–Crippen MR) is 101 cm³/mol. The zero-order valence-electron chi connectivity index (χ0n) is 15.3. The van der Waals surface area contributed by atoms with Gasteiger partial charge in [0.2, 0.25) is 5.91 Å². The summed E-state index contributed by atoms with van der Waals surface area (Å²) >= 11 is 0. The van der Waals surface area contributed by atoms with Crippen molar-refractivity contribution in [2.45, 2.75) is 26.9 Å². The quantitative estimate of drug-likeness (QED) is 0.574. The summed E-state index contributed by atoms with van der Waals surface area (Å²) < 4.78 is 5.41. The number of nitrogens with one attached hydrogen (secondary N) is 2. The van der Waals surface area contributed by atoms with Crippen LogP contribution in [0.5, 0.6) is 5.75 Å². The summed E-state index contributed by atoms with van der Waals surface area (Å²) in [6.45, 7) is 5.05. The van der Waals surface area contributed by atoms with Gasteiger partial charge in [0.05, 0.1) is 17.5 Å². The highest BCUT2D eigenvalue weighted by atomic mass is 16.6. The first kappa shape index (κ1) is 19.9. The number of nitro benzene ring substituents is 1. The number of nitrogens with zero attached hydrogens (tertiary/aromatic N) is 1. The molecule has 0 aliphatic rings. The van der Waals surface area contributed by atoms with Gasteiger partial charge in [0.1, 0.15) is 5.75 Å². The summed E-state index contributed by atoms with van der Waals surface area (Å²) in [4.78, 5) is 34.4. The minimum atomic E-state index is -0.917. The molecular formula is C19H21N3O5. The fourth-order valence-electron chi connectivity index (χ4n) is 2.43. The number of para-hydroxylation sites is 1. The first-order valence-corrected chi connectivity index (χ1v) is 8.33. The van der Waals surface area contributed by atoms with Gasteiger partial charge in [-0.15, -0.1) is 0 Å². The molecule has 0 saturated carbocycles. The first-order chi connectivity index (χ1) is 12.8. The van der Waals surface area contributed by atoms with Crippen LogP contribution < -0.4 is 15.4 Å². The van der Waals surface area contributed by atoms with Crippen molar-refractivity contribution in [1.82, 2.24) is 5.32 Å². The number of amides is 2. The van der Waals surface area contributed by atoms with Crippen molar-refractivity contribution >= 4 is 23.2 Å². The van der Waals surface area contributed by atoms with E-state index in [1.165, 1.54) is 31.2 Å². The Morgan fingerprint density at radius 3 is 2.41 bits per heavy atom. The maximum Gasteiger partial charge on any atom is 0.273 e. The van der Waals surface area contributed by atoms with Crippen LogP contribution in [0.15, 0.2) is 42.5 Å². The molecule has 8 heteroatoms. The molecule has 2 aromatic carbocycles. The highest BCUT2D eigenvalue weighted by molar-refractivity contribution is 5.96. The molecule has 0 spiro atoms. The number of carbonyl (C=O) groups excluding carboxylic acids is 2. The molecule has 0 aliphatic carbocycles. The molecule has 0 fully saturated rings. The lowest BCUT2D eigenvalue weighted by molar-refractivity contribution is -0.384. The van der Waals surface area contributed by atoms with E-state index in [-0.39, 0.29) is 23.9 Å². The number of carbonyl (C=O) groups is 2. The number of benzene rings is 2. The van der Waals surface area contributed by atoms with Gasteiger partial charge in [-0.2, -0.15) is 0 Å². The molecule has 8 nitrogen and oxygen atoms in total. The highest BCUT2D eigenvalue weighted by Crippen LogP contribution is 2.20. The van der Waals surface area contributed by atoms with Crippen LogP contribution in [-0.2, 0) is 9.59 Å². The van der Waals surface area contributed by atoms with Crippen LogP contribution in [0.3, 0.4) is 0 Å². The van der Waals surface area contributed by atoms with Crippen molar-refractivity contribution < 1.29 is 19.2 Å². The molecular weight excluding hydrogens is 350 g/mol. The Kier molecular flexibility index (Phi) is 6.48. The minimum Gasteiger partial charge on any atom is -0.481 e. The molecule has 0 heterocycles. The lowest BCUT2D eigenvalue weighted by Gasteiger charge is -2.15. The maximum absolute atomic E-state index is 12.1. The Hall–Kier alpha value is -3.42. The highest BCUT2D eigenvalue weighted by Gasteiger charge is 2.17. The Bertz CT molecular complexity index is 846. The standard InChI is InChI=1S/C19H21N3O5/c1-12-6-4-7-13(2)18(12)21-17(23)11-20-19(24)14(3)27-16-9-5-8-15(10-16)22(25)26/h4-10,14H,11H2,1-3H3,(H,20,24)(H,21,23)/t14-/m0/s1. The summed E-state index contributed by atoms with van der Waals surface area (Å²) in [5.74, 6) is -0.659. The van der Waals surface area contributed by atoms with Gasteiger partial charge in [-0.1, -0.05) is 24.3 Å². The van der Waals surface area contributed by atoms with Crippen LogP contribution in [0.2, 0.25) is 0 Å². The second-order valence-corrected chi connectivity index (χ2v) is 6.05. The average molecular weight is 371 g/mol. The molecule has 1 atom stereocenters. The Balaban J connectivity index is 1.88. The number of hydrogen-bond acceptors (Lipinski definition) is 5. The number of nitro groups is 1. The Labute approximate surface area is 156 Å². The Morgan fingerprint density at radius 1 is 1.15 bits per heavy atom. The number of non-ortho nitro benzene ring substituents is 1. The van der Waals surface area contributed by atoms with E-state index in [4.69, 9.17) is 4.74 Å². The van der Waals surface area contributed by atoms with E-state index in [1.807, 2.05) is 32.0 Å². The topological polar surface area (TPSA) is 111 Å². The van der Waals surface area contributed by atoms with Gasteiger partial charge in [0.15, 0.2) is 6.10 Å². The van der Waals surface area contributed by atoms with Gasteiger partial charge in [0.25, 0.3) is 11.6 Å². The third-order valence-electron chi connectivity index (χ3n) is 3.88. The van der Waals surface area contributed by atoms with Crippen LogP contribution >= 0.6 is 0 Å². The summed E-state index contributed by atoms with van der Waals surface area (Å²) in [5, 5.41) is 16.0. The number of aryl methyl sites for hydroxylation is 2. The molecule has 142 valence electrons. The smallest absolute Gasteiger partial charge is 0.273 e. The molecule has 2 amide bonds. The number of rotatable bonds is 7. The fourth-order valence-corrected chi connectivity index (χ4v) is 2.43. The van der Waals surface area contributed by atoms with Crippen LogP contribution in [0.25, 0.3) is 0 Å². The van der Waals surface area contributed by atoms with Gasteiger partial charge >= 0.3 is 0 Å². The van der Waals surface area contributed by atoms with E-state index in [1.54, 1.807) is 0 Å². The average Bonchev–Trinajstić information content (AvgIpc) is 2.63. The monoisotopic (exact) mass is 371 g/mol. The predicted octanol–water partition coefficient (Wildman–Crippen LogP) is 2.73. The molecule has 0 aliphatic heterocycles. The fraction of sp³-hybridized carbons (Fsp3) is 0.263. The molecule has 0 radical (unpaired) electrons. The SMILES string of the molecule is Cc1cccc(C)c1NC(=O)CNC(=O)[C@H](C)Oc1cccc([N+](=O)[O-])c1. The lowest BCUT2D eigenvalue weighted by atomic mass is 10.1. The van der Waals surface area contributed by atoms with Crippen LogP contribution in [-0.4, -0.2) is 29.4 Å². The normalized spacial score (nSPS) is 11.4. The van der Waals surface area contributed by atoms with Crippen molar-refractivity contribution in [3.05, 3.63) is 63.7 Å². The van der Waals surface area contributed by atoms with Crippen LogP contribution in [0.1, 0.15) is 18.1 Å². The molecule has 2 rings (SSSR count). The zero-order valence-corrected chi connectivity index (χ0v) is 15.3. The third-order valence-corrected chi connectivity index (χ3v) is 3.88. The summed E-state index contributed by atoms with van der Waals surface area (Å²) in [6, 6.07) is 11.2. The second-order valence-electron chi connectivity index (χ2n) is 6.05. The maximum atomic E-state index is 12.1. The van der Waals surface area contributed by atoms with E-state index < -0.39 is 16.9 Å². The van der Waals surface area contributed by atoms with E-state index in [0.717, 1.165) is 16.8 Å². The van der Waals surface area contributed by atoms with Gasteiger partial charge in [-0.25, -0.2) is 0 Å². The van der Waals surface area contributed by atoms with E-state index in [2.05, 4.69) is 10.6 Å². The van der Waals surface area contributed by atoms with Gasteiger partial charge < -0.3 is 15.4 Å². The summed E-state index contributed by atoms with van der Waals surface area (Å²) in [6.07, 6.45) is -0.917. The third kappa shape index (κ3) is 5.53. The number of ether oxygens (including phenoxy) is 1. The van der Waals surface area contributed by atoms with Crippen molar-refractivity contribution in [1.29, 1.82) is 0 Å². The van der Waals surface area contributed by atoms with E-state index in [9.17, 15) is 19.7 Å². The first-order valence-electron chi connectivity index (χ1n) is 8.33. The molecule has 27 heavy (non-hydrogen) atoms. The second kappa shape index (κ2) is 8.79. The van der Waals surface area contributed by atoms with Crippen molar-refractivity contribution in [2.75, 3.05) is 11.9 Å². The molecule has 0 aromatic heterocycles. The molecule has 0 saturated heterocycles. The molecule has 0 unspecified atom stereocenters. The van der Waals surface area contributed by atoms with Crippen molar-refractivity contribution in [3.63, 3.8) is 0 Å². The molecule has 0 bridgehead atoms. The van der Waals surface area contributed by atoms with Crippen molar-refractivity contribution in [3.8, 4) is 5.75 Å². The van der Waals surface area contributed by atoms with Crippen LogP contribution in [0.4, 0.5) is 11.4 Å². The molecule has 2 aromatic rings. The largest absolute Gasteiger partial charge is 0.481 e. The zero-order chi connectivity index (χ0) is 20.0. The summed E-state index contributed by atoms with van der Waals surface area (Å²) in [5.41, 5.74) is 2.44. The van der Waals surface area contributed by atoms with Gasteiger partial charge in [0, 0.05) is 11.8 Å². The lowest BCUT2D eigenvalue weighted by Crippen LogP contribution is -2.40. The number of anilines is 1. The van der Waals surface area contributed by atoms with Crippen molar-refractivity contribution in [2.24, 2.45) is 0 Å². The number of hydrogen-bond donors (Lipinski definition) is 2. The Morgan fingerprint density at radius 2 is 1.78 bits per heavy atom. The van der Waals surface area contributed by atoms with Gasteiger partial charge in [-0.05, 0) is 38.0 Å². The minimum absolute atomic E-state index is 0.131. The summed E-state index contributed by atoms with van der Waals surface area (Å²) in [7, 11) is 0. The van der Waals surface area contributed by atoms with E-state index >= 15 is 0 Å². The van der Waals surface area contributed by atoms with E-state index in [0.29, 0.717) is 0 Å². The molecule has 2 N–H and O–H groups in total.